The van der Waals surface area contributed by atoms with Crippen molar-refractivity contribution in [2.24, 2.45) is 11.7 Å². The summed E-state index contributed by atoms with van der Waals surface area (Å²) in [6.45, 7) is 2.04. The number of alkyl halides is 3. The number of rotatable bonds is 6. The van der Waals surface area contributed by atoms with Crippen LogP contribution in [0.3, 0.4) is 0 Å². The van der Waals surface area contributed by atoms with E-state index in [2.05, 4.69) is 10.3 Å². The van der Waals surface area contributed by atoms with E-state index in [0.717, 1.165) is 31.5 Å². The molecule has 0 bridgehead atoms. The molecule has 1 aliphatic carbocycles. The van der Waals surface area contributed by atoms with Gasteiger partial charge in [0.1, 0.15) is 11.8 Å². The summed E-state index contributed by atoms with van der Waals surface area (Å²) in [5.41, 5.74) is 2.16. The number of aromatic nitrogens is 1. The Morgan fingerprint density at radius 3 is 2.50 bits per heavy atom. The van der Waals surface area contributed by atoms with E-state index < -0.39 is 65.0 Å². The molecule has 7 nitrogen and oxygen atoms in total. The lowest BCUT2D eigenvalue weighted by atomic mass is 9.76. The zero-order valence-electron chi connectivity index (χ0n) is 19.4. The minimum atomic E-state index is -4.89. The number of benzene rings is 1. The van der Waals surface area contributed by atoms with E-state index in [1.165, 1.54) is 19.2 Å². The summed E-state index contributed by atoms with van der Waals surface area (Å²) >= 11 is 0. The van der Waals surface area contributed by atoms with Crippen molar-refractivity contribution < 1.29 is 41.0 Å². The third kappa shape index (κ3) is 4.49. The summed E-state index contributed by atoms with van der Waals surface area (Å²) in [6, 6.07) is 4.37. The van der Waals surface area contributed by atoms with E-state index in [1.807, 2.05) is 0 Å². The van der Waals surface area contributed by atoms with E-state index in [4.69, 9.17) is 15.2 Å². The van der Waals surface area contributed by atoms with Crippen molar-refractivity contribution in [2.75, 3.05) is 5.32 Å². The highest BCUT2D eigenvalue weighted by Crippen LogP contribution is 2.55. The van der Waals surface area contributed by atoms with Gasteiger partial charge in [0, 0.05) is 29.3 Å². The fourth-order valence-corrected chi connectivity index (χ4v) is 4.46. The number of carbonyl (C=O) groups is 2. The summed E-state index contributed by atoms with van der Waals surface area (Å²) in [7, 11) is 0. The van der Waals surface area contributed by atoms with Crippen LogP contribution in [0.1, 0.15) is 55.1 Å². The summed E-state index contributed by atoms with van der Waals surface area (Å²) in [4.78, 5) is 28.4. The summed E-state index contributed by atoms with van der Waals surface area (Å²) in [6.07, 6.45) is -3.89. The Morgan fingerprint density at radius 1 is 1.22 bits per heavy atom. The largest absolute Gasteiger partial charge is 0.487 e. The number of nitrogens with one attached hydrogen (secondary N) is 1. The van der Waals surface area contributed by atoms with Gasteiger partial charge < -0.3 is 20.5 Å². The Morgan fingerprint density at radius 2 is 1.92 bits per heavy atom. The van der Waals surface area contributed by atoms with Crippen LogP contribution >= 0.6 is 0 Å². The van der Waals surface area contributed by atoms with E-state index in [0.29, 0.717) is 12.8 Å². The number of anilines is 1. The molecule has 2 aliphatic rings. The molecule has 2 heterocycles. The van der Waals surface area contributed by atoms with Gasteiger partial charge >= 0.3 is 6.18 Å². The molecule has 36 heavy (non-hydrogen) atoms. The number of amides is 2. The minimum absolute atomic E-state index is 0.0376. The number of hydrogen-bond acceptors (Lipinski definition) is 5. The molecule has 0 spiro atoms. The van der Waals surface area contributed by atoms with Crippen LogP contribution in [0.25, 0.3) is 0 Å². The molecule has 12 heteroatoms. The summed E-state index contributed by atoms with van der Waals surface area (Å²) in [5.74, 6) is -7.69. The molecule has 4 rings (SSSR count). The van der Waals surface area contributed by atoms with Crippen LogP contribution in [0, 0.1) is 17.6 Å². The van der Waals surface area contributed by atoms with E-state index in [9.17, 15) is 31.5 Å². The second-order valence-electron chi connectivity index (χ2n) is 9.19. The SMILES string of the molecule is C[C@H]1[C@H](c2ccc(F)c(F)c2OC2CCC2)[C@H](C(=O)Nc2ccnc(C(N)=O)c2)O[C@]1(C)C(F)(F)F. The van der Waals surface area contributed by atoms with Gasteiger partial charge in [-0.15, -0.1) is 0 Å². The van der Waals surface area contributed by atoms with E-state index in [-0.39, 0.29) is 16.9 Å². The van der Waals surface area contributed by atoms with Crippen molar-refractivity contribution in [1.82, 2.24) is 4.98 Å². The molecule has 0 radical (unpaired) electrons. The third-order valence-corrected chi connectivity index (χ3v) is 6.98. The molecule has 2 aromatic rings. The first kappa shape index (κ1) is 25.8. The number of carbonyl (C=O) groups excluding carboxylic acids is 2. The molecular weight excluding hydrogens is 489 g/mol. The maximum absolute atomic E-state index is 14.9. The quantitative estimate of drug-likeness (QED) is 0.555. The monoisotopic (exact) mass is 513 g/mol. The van der Waals surface area contributed by atoms with Crippen LogP contribution in [0.2, 0.25) is 0 Å². The Labute approximate surface area is 203 Å². The van der Waals surface area contributed by atoms with Crippen molar-refractivity contribution in [2.45, 2.75) is 63.0 Å². The molecule has 3 N–H and O–H groups in total. The fraction of sp³-hybridized carbons (Fsp3) is 0.458. The topological polar surface area (TPSA) is 104 Å². The predicted molar refractivity (Wildman–Crippen MR) is 117 cm³/mol. The van der Waals surface area contributed by atoms with E-state index in [1.54, 1.807) is 0 Å². The zero-order valence-corrected chi connectivity index (χ0v) is 19.4. The van der Waals surface area contributed by atoms with Gasteiger partial charge in [-0.2, -0.15) is 17.6 Å². The molecule has 194 valence electrons. The molecule has 1 saturated heterocycles. The number of nitrogens with zero attached hydrogens (tertiary/aromatic N) is 1. The molecule has 1 saturated carbocycles. The second kappa shape index (κ2) is 9.30. The first-order valence-electron chi connectivity index (χ1n) is 11.3. The van der Waals surface area contributed by atoms with E-state index >= 15 is 0 Å². The lowest BCUT2D eigenvalue weighted by molar-refractivity contribution is -0.272. The Hall–Kier alpha value is -3.28. The number of nitrogens with two attached hydrogens (primary N) is 1. The first-order valence-corrected chi connectivity index (χ1v) is 11.3. The normalized spacial score (nSPS) is 26.4. The lowest BCUT2D eigenvalue weighted by Crippen LogP contribution is -2.47. The van der Waals surface area contributed by atoms with Crippen LogP contribution < -0.4 is 15.8 Å². The Bertz CT molecular complexity index is 1190. The number of pyridine rings is 1. The molecule has 1 aromatic heterocycles. The van der Waals surface area contributed by atoms with Gasteiger partial charge in [-0.3, -0.25) is 14.6 Å². The second-order valence-corrected chi connectivity index (χ2v) is 9.19. The number of hydrogen-bond donors (Lipinski definition) is 2. The zero-order chi connectivity index (χ0) is 26.4. The number of halogens is 5. The van der Waals surface area contributed by atoms with Crippen molar-refractivity contribution in [1.29, 1.82) is 0 Å². The fourth-order valence-electron chi connectivity index (χ4n) is 4.46. The highest BCUT2D eigenvalue weighted by Gasteiger charge is 2.66. The van der Waals surface area contributed by atoms with Gasteiger partial charge in [0.25, 0.3) is 11.8 Å². The minimum Gasteiger partial charge on any atom is -0.487 e. The molecule has 2 fully saturated rings. The smallest absolute Gasteiger partial charge is 0.417 e. The average Bonchev–Trinajstić information content (AvgIpc) is 3.05. The van der Waals surface area contributed by atoms with Crippen LogP contribution in [0.4, 0.5) is 27.6 Å². The summed E-state index contributed by atoms with van der Waals surface area (Å²) in [5, 5.41) is 2.41. The molecular formula is C24H24F5N3O4. The highest BCUT2D eigenvalue weighted by atomic mass is 19.4. The van der Waals surface area contributed by atoms with Crippen molar-refractivity contribution in [3.63, 3.8) is 0 Å². The molecule has 2 amide bonds. The van der Waals surface area contributed by atoms with Crippen LogP contribution in [0.15, 0.2) is 30.5 Å². The van der Waals surface area contributed by atoms with Gasteiger partial charge in [0.2, 0.25) is 5.82 Å². The van der Waals surface area contributed by atoms with Gasteiger partial charge in [0.05, 0.1) is 6.10 Å². The van der Waals surface area contributed by atoms with Crippen molar-refractivity contribution in [3.8, 4) is 5.75 Å². The van der Waals surface area contributed by atoms with Crippen molar-refractivity contribution >= 4 is 17.5 Å². The Kier molecular flexibility index (Phi) is 6.67. The van der Waals surface area contributed by atoms with Crippen LogP contribution in [0.5, 0.6) is 5.75 Å². The lowest BCUT2D eigenvalue weighted by Gasteiger charge is -2.32. The molecule has 1 aromatic carbocycles. The highest BCUT2D eigenvalue weighted by molar-refractivity contribution is 5.97. The maximum atomic E-state index is 14.9. The van der Waals surface area contributed by atoms with Gasteiger partial charge in [-0.25, -0.2) is 4.39 Å². The van der Waals surface area contributed by atoms with Gasteiger partial charge in [-0.05, 0) is 44.4 Å². The first-order chi connectivity index (χ1) is 16.8. The number of primary amides is 1. The third-order valence-electron chi connectivity index (χ3n) is 6.98. The average molecular weight is 513 g/mol. The van der Waals surface area contributed by atoms with Gasteiger partial charge in [-0.1, -0.05) is 13.0 Å². The maximum Gasteiger partial charge on any atom is 0.417 e. The predicted octanol–water partition coefficient (Wildman–Crippen LogP) is 4.47. The number of ether oxygens (including phenoxy) is 2. The van der Waals surface area contributed by atoms with Crippen LogP contribution in [-0.2, 0) is 9.53 Å². The standard InChI is InChI=1S/C24H24F5N3O4/c1-11-17(14-6-7-15(25)18(26)19(14)35-13-4-3-5-13)20(36-23(11,2)24(27,28)29)22(34)32-12-8-9-31-16(10-12)21(30)33/h6-11,13,17,20H,3-5H2,1-2H3,(H2,30,33)(H,31,32,34)/t11-,17+,20+,23-/m0/s1. The Balaban J connectivity index is 1.76. The molecule has 4 atom stereocenters. The summed E-state index contributed by atoms with van der Waals surface area (Å²) < 4.78 is 82.4. The molecule has 1 aliphatic heterocycles. The van der Waals surface area contributed by atoms with Crippen molar-refractivity contribution in [3.05, 3.63) is 53.4 Å². The van der Waals surface area contributed by atoms with Gasteiger partial charge in [0.15, 0.2) is 17.2 Å². The van der Waals surface area contributed by atoms with Crippen LogP contribution in [-0.4, -0.2) is 40.8 Å². The molecule has 0 unspecified atom stereocenters.